The molecule has 0 saturated carbocycles. The number of nitrogens with zero attached hydrogens (tertiary/aromatic N) is 1. The normalized spacial score (nSPS) is 15.0. The molecule has 31 heavy (non-hydrogen) atoms. The van der Waals surface area contributed by atoms with Crippen LogP contribution in [0.15, 0.2) is 45.8 Å². The highest BCUT2D eigenvalue weighted by molar-refractivity contribution is 9.10. The largest absolute Gasteiger partial charge is 0.490 e. The molecule has 1 aliphatic rings. The summed E-state index contributed by atoms with van der Waals surface area (Å²) in [5.41, 5.74) is 0.719. The molecule has 2 aromatic rings. The van der Waals surface area contributed by atoms with Gasteiger partial charge in [0.05, 0.1) is 34.2 Å². The van der Waals surface area contributed by atoms with Crippen molar-refractivity contribution in [3.05, 3.63) is 56.4 Å². The maximum atomic E-state index is 12.8. The molecule has 0 radical (unpaired) electrons. The number of para-hydroxylation sites is 1. The third kappa shape index (κ3) is 5.75. The molecule has 9 heteroatoms. The van der Waals surface area contributed by atoms with Crippen molar-refractivity contribution in [1.82, 2.24) is 4.90 Å². The molecule has 164 valence electrons. The van der Waals surface area contributed by atoms with E-state index in [1.165, 1.54) is 4.90 Å². The lowest BCUT2D eigenvalue weighted by atomic mass is 10.2. The van der Waals surface area contributed by atoms with Gasteiger partial charge in [-0.3, -0.25) is 14.5 Å². The molecule has 0 bridgehead atoms. The van der Waals surface area contributed by atoms with Crippen LogP contribution in [0.25, 0.3) is 6.08 Å². The molecule has 2 aromatic carbocycles. The number of carbonyl (C=O) groups excluding carboxylic acids is 2. The van der Waals surface area contributed by atoms with Crippen LogP contribution in [0.2, 0.25) is 5.02 Å². The summed E-state index contributed by atoms with van der Waals surface area (Å²) in [7, 11) is 0. The number of rotatable bonds is 9. The van der Waals surface area contributed by atoms with Crippen LogP contribution in [0.3, 0.4) is 0 Å². The van der Waals surface area contributed by atoms with Crippen molar-refractivity contribution in [1.29, 1.82) is 0 Å². The Morgan fingerprint density at radius 2 is 1.81 bits per heavy atom. The minimum absolute atomic E-state index is 0.129. The molecule has 0 spiro atoms. The summed E-state index contributed by atoms with van der Waals surface area (Å²) in [4.78, 5) is 26.6. The van der Waals surface area contributed by atoms with Crippen molar-refractivity contribution in [2.75, 3.05) is 26.4 Å². The van der Waals surface area contributed by atoms with Crippen LogP contribution in [0, 0.1) is 0 Å². The van der Waals surface area contributed by atoms with Gasteiger partial charge >= 0.3 is 0 Å². The molecule has 1 saturated heterocycles. The van der Waals surface area contributed by atoms with E-state index in [1.807, 2.05) is 19.9 Å². The SMILES string of the molecule is CCOc1cc(/C=C2\SC(=O)N(CCOc3ccccc3Cl)C2=O)cc(Br)c1OCC. The van der Waals surface area contributed by atoms with Gasteiger partial charge in [0, 0.05) is 0 Å². The van der Waals surface area contributed by atoms with Crippen LogP contribution in [0.5, 0.6) is 17.2 Å². The van der Waals surface area contributed by atoms with Gasteiger partial charge in [-0.15, -0.1) is 0 Å². The van der Waals surface area contributed by atoms with Crippen LogP contribution in [-0.4, -0.2) is 42.4 Å². The monoisotopic (exact) mass is 525 g/mol. The van der Waals surface area contributed by atoms with Crippen molar-refractivity contribution in [2.24, 2.45) is 0 Å². The van der Waals surface area contributed by atoms with E-state index in [9.17, 15) is 9.59 Å². The van der Waals surface area contributed by atoms with E-state index in [0.29, 0.717) is 44.9 Å². The van der Waals surface area contributed by atoms with Gasteiger partial charge in [0.15, 0.2) is 11.5 Å². The summed E-state index contributed by atoms with van der Waals surface area (Å²) in [5, 5.41) is 0.136. The average molecular weight is 527 g/mol. The number of ether oxygens (including phenoxy) is 3. The van der Waals surface area contributed by atoms with E-state index in [-0.39, 0.29) is 24.3 Å². The number of hydrogen-bond donors (Lipinski definition) is 0. The zero-order chi connectivity index (χ0) is 22.4. The molecule has 1 fully saturated rings. The Kier molecular flexibility index (Phi) is 8.28. The molecule has 1 heterocycles. The molecule has 3 rings (SSSR count). The van der Waals surface area contributed by atoms with E-state index in [4.69, 9.17) is 25.8 Å². The minimum atomic E-state index is -0.360. The summed E-state index contributed by atoms with van der Waals surface area (Å²) in [6.45, 7) is 5.02. The molecule has 0 aliphatic carbocycles. The predicted molar refractivity (Wildman–Crippen MR) is 126 cm³/mol. The zero-order valence-corrected chi connectivity index (χ0v) is 20.2. The lowest BCUT2D eigenvalue weighted by molar-refractivity contribution is -0.123. The molecule has 2 amide bonds. The Balaban J connectivity index is 1.73. The predicted octanol–water partition coefficient (Wildman–Crippen LogP) is 6.02. The van der Waals surface area contributed by atoms with E-state index >= 15 is 0 Å². The smallest absolute Gasteiger partial charge is 0.293 e. The second kappa shape index (κ2) is 10.9. The second-order valence-corrected chi connectivity index (χ2v) is 8.56. The highest BCUT2D eigenvalue weighted by Gasteiger charge is 2.35. The number of halogens is 2. The summed E-state index contributed by atoms with van der Waals surface area (Å²) in [6.07, 6.45) is 1.67. The molecule has 6 nitrogen and oxygen atoms in total. The Morgan fingerprint density at radius 3 is 2.52 bits per heavy atom. The van der Waals surface area contributed by atoms with Gasteiger partial charge in [0.25, 0.3) is 11.1 Å². The average Bonchev–Trinajstić information content (AvgIpc) is 2.99. The highest BCUT2D eigenvalue weighted by atomic mass is 79.9. The van der Waals surface area contributed by atoms with Gasteiger partial charge in [-0.05, 0) is 77.4 Å². The Hall–Kier alpha value is -2.16. The van der Waals surface area contributed by atoms with Crippen LogP contribution >= 0.6 is 39.3 Å². The molecule has 0 unspecified atom stereocenters. The lowest BCUT2D eigenvalue weighted by Gasteiger charge is -2.14. The molecule has 0 N–H and O–H groups in total. The molecule has 0 atom stereocenters. The van der Waals surface area contributed by atoms with E-state index in [1.54, 1.807) is 36.4 Å². The van der Waals surface area contributed by atoms with Crippen molar-refractivity contribution in [3.63, 3.8) is 0 Å². The van der Waals surface area contributed by atoms with Crippen LogP contribution in [0.4, 0.5) is 4.79 Å². The van der Waals surface area contributed by atoms with Gasteiger partial charge in [0.1, 0.15) is 12.4 Å². The third-order valence-electron chi connectivity index (χ3n) is 4.20. The number of thioether (sulfide) groups is 1. The summed E-state index contributed by atoms with van der Waals surface area (Å²) in [5.74, 6) is 1.32. The van der Waals surface area contributed by atoms with E-state index in [2.05, 4.69) is 15.9 Å². The lowest BCUT2D eigenvalue weighted by Crippen LogP contribution is -2.32. The molecule has 1 aliphatic heterocycles. The summed E-state index contributed by atoms with van der Waals surface area (Å²) >= 11 is 10.4. The molecular formula is C22H21BrClNO5S. The van der Waals surface area contributed by atoms with Crippen LogP contribution in [0.1, 0.15) is 19.4 Å². The van der Waals surface area contributed by atoms with Gasteiger partial charge < -0.3 is 14.2 Å². The first-order valence-electron chi connectivity index (χ1n) is 9.66. The Labute approximate surface area is 198 Å². The Morgan fingerprint density at radius 1 is 1.06 bits per heavy atom. The topological polar surface area (TPSA) is 65.1 Å². The Bertz CT molecular complexity index is 1010. The van der Waals surface area contributed by atoms with Gasteiger partial charge in [-0.1, -0.05) is 23.7 Å². The minimum Gasteiger partial charge on any atom is -0.490 e. The first kappa shape index (κ1) is 23.5. The highest BCUT2D eigenvalue weighted by Crippen LogP contribution is 2.39. The van der Waals surface area contributed by atoms with E-state index < -0.39 is 0 Å². The van der Waals surface area contributed by atoms with Crippen molar-refractivity contribution >= 4 is 56.5 Å². The summed E-state index contributed by atoms with van der Waals surface area (Å²) in [6, 6.07) is 10.7. The molecular weight excluding hydrogens is 506 g/mol. The standard InChI is InChI=1S/C22H21BrClNO5S/c1-3-28-18-12-14(11-15(23)20(18)29-4-2)13-19-21(26)25(22(27)31-19)9-10-30-17-8-6-5-7-16(17)24/h5-8,11-13H,3-4,9-10H2,1-2H3/b19-13-. The fourth-order valence-corrected chi connectivity index (χ4v) is 4.50. The van der Waals surface area contributed by atoms with Gasteiger partial charge in [-0.25, -0.2) is 0 Å². The van der Waals surface area contributed by atoms with Crippen LogP contribution in [-0.2, 0) is 4.79 Å². The second-order valence-electron chi connectivity index (χ2n) is 6.31. The number of imide groups is 1. The van der Waals surface area contributed by atoms with Crippen LogP contribution < -0.4 is 14.2 Å². The maximum absolute atomic E-state index is 12.8. The third-order valence-corrected chi connectivity index (χ3v) is 6.01. The fourth-order valence-electron chi connectivity index (χ4n) is 2.87. The fraction of sp³-hybridized carbons (Fsp3) is 0.273. The van der Waals surface area contributed by atoms with Crippen molar-refractivity contribution in [3.8, 4) is 17.2 Å². The van der Waals surface area contributed by atoms with Gasteiger partial charge in [-0.2, -0.15) is 0 Å². The van der Waals surface area contributed by atoms with Crippen molar-refractivity contribution in [2.45, 2.75) is 13.8 Å². The first-order chi connectivity index (χ1) is 14.9. The molecule has 0 aromatic heterocycles. The number of hydrogen-bond acceptors (Lipinski definition) is 6. The van der Waals surface area contributed by atoms with Gasteiger partial charge in [0.2, 0.25) is 0 Å². The van der Waals surface area contributed by atoms with Crippen molar-refractivity contribution < 1.29 is 23.8 Å². The van der Waals surface area contributed by atoms with E-state index in [0.717, 1.165) is 17.3 Å². The zero-order valence-electron chi connectivity index (χ0n) is 17.0. The number of benzene rings is 2. The maximum Gasteiger partial charge on any atom is 0.293 e. The number of carbonyl (C=O) groups is 2. The number of amides is 2. The quantitative estimate of drug-likeness (QED) is 0.373. The first-order valence-corrected chi connectivity index (χ1v) is 11.6. The summed E-state index contributed by atoms with van der Waals surface area (Å²) < 4.78 is 17.6.